The van der Waals surface area contributed by atoms with Gasteiger partial charge in [-0.25, -0.2) is 0 Å². The molecule has 1 unspecified atom stereocenters. The second-order valence-corrected chi connectivity index (χ2v) is 8.12. The van der Waals surface area contributed by atoms with Crippen molar-refractivity contribution < 1.29 is 9.53 Å². The summed E-state index contributed by atoms with van der Waals surface area (Å²) in [5.41, 5.74) is 0.693. The molecular weight excluding hydrogens is 389 g/mol. The summed E-state index contributed by atoms with van der Waals surface area (Å²) in [4.78, 5) is 12.4. The van der Waals surface area contributed by atoms with Crippen LogP contribution in [0.2, 0.25) is 0 Å². The molecule has 0 aliphatic carbocycles. The molecule has 0 aliphatic heterocycles. The van der Waals surface area contributed by atoms with Crippen molar-refractivity contribution in [3.05, 3.63) is 33.4 Å². The van der Waals surface area contributed by atoms with Gasteiger partial charge in [0.25, 0.3) is 0 Å². The first kappa shape index (κ1) is 19.4. The van der Waals surface area contributed by atoms with Gasteiger partial charge in [0, 0.05) is 3.57 Å². The Balaban J connectivity index is 2.85. The lowest BCUT2D eigenvalue weighted by atomic mass is 9.76. The normalized spacial score (nSPS) is 14.5. The second-order valence-electron chi connectivity index (χ2n) is 6.88. The molecule has 3 nitrogen and oxygen atoms in total. The van der Waals surface area contributed by atoms with Crippen molar-refractivity contribution in [3.8, 4) is 0 Å². The summed E-state index contributed by atoms with van der Waals surface area (Å²) in [6, 6.07) is 8.17. The van der Waals surface area contributed by atoms with E-state index in [0.717, 1.165) is 31.4 Å². The van der Waals surface area contributed by atoms with Crippen molar-refractivity contribution in [1.82, 2.24) is 5.32 Å². The highest BCUT2D eigenvalue weighted by molar-refractivity contribution is 14.1. The van der Waals surface area contributed by atoms with Crippen molar-refractivity contribution in [2.24, 2.45) is 5.41 Å². The molecule has 0 heterocycles. The maximum absolute atomic E-state index is 12.4. The van der Waals surface area contributed by atoms with Gasteiger partial charge in [0.1, 0.15) is 0 Å². The Morgan fingerprint density at radius 2 is 1.77 bits per heavy atom. The van der Waals surface area contributed by atoms with Gasteiger partial charge in [0.05, 0.1) is 12.5 Å². The van der Waals surface area contributed by atoms with E-state index in [2.05, 4.69) is 41.8 Å². The molecule has 0 spiro atoms. The van der Waals surface area contributed by atoms with Crippen LogP contribution in [0.25, 0.3) is 0 Å². The number of methoxy groups -OCH3 is 1. The monoisotopic (exact) mass is 417 g/mol. The van der Waals surface area contributed by atoms with Gasteiger partial charge in [-0.05, 0) is 79.1 Å². The van der Waals surface area contributed by atoms with Gasteiger partial charge in [-0.3, -0.25) is 4.79 Å². The first-order valence-electron chi connectivity index (χ1n) is 7.74. The highest BCUT2D eigenvalue weighted by Crippen LogP contribution is 2.34. The van der Waals surface area contributed by atoms with Crippen molar-refractivity contribution >= 4 is 28.6 Å². The molecule has 1 aromatic carbocycles. The first-order chi connectivity index (χ1) is 10.2. The lowest BCUT2D eigenvalue weighted by molar-refractivity contribution is -0.147. The summed E-state index contributed by atoms with van der Waals surface area (Å²) in [5, 5.41) is 3.24. The summed E-state index contributed by atoms with van der Waals surface area (Å²) in [6.45, 7) is 7.48. The van der Waals surface area contributed by atoms with E-state index in [1.165, 1.54) is 10.7 Å². The molecular formula is C18H28INO2. The molecule has 0 saturated heterocycles. The Hall–Kier alpha value is -0.620. The van der Waals surface area contributed by atoms with Crippen LogP contribution in [-0.2, 0) is 14.9 Å². The van der Waals surface area contributed by atoms with E-state index in [4.69, 9.17) is 4.74 Å². The molecule has 0 aliphatic rings. The summed E-state index contributed by atoms with van der Waals surface area (Å²) < 4.78 is 6.25. The molecule has 0 radical (unpaired) electrons. The van der Waals surface area contributed by atoms with Gasteiger partial charge in [-0.2, -0.15) is 0 Å². The van der Waals surface area contributed by atoms with Crippen LogP contribution < -0.4 is 5.32 Å². The predicted octanol–water partition coefficient (Wildman–Crippen LogP) is 4.14. The molecule has 22 heavy (non-hydrogen) atoms. The van der Waals surface area contributed by atoms with Crippen LogP contribution >= 0.6 is 22.6 Å². The number of carbonyl (C=O) groups excluding carboxylic acids is 1. The van der Waals surface area contributed by atoms with Gasteiger partial charge < -0.3 is 10.1 Å². The molecule has 4 heteroatoms. The van der Waals surface area contributed by atoms with E-state index < -0.39 is 5.41 Å². The zero-order valence-corrected chi connectivity index (χ0v) is 16.5. The summed E-state index contributed by atoms with van der Waals surface area (Å²) in [7, 11) is 3.45. The Kier molecular flexibility index (Phi) is 7.32. The predicted molar refractivity (Wildman–Crippen MR) is 100 cm³/mol. The Labute approximate surface area is 148 Å². The van der Waals surface area contributed by atoms with Crippen LogP contribution in [0.15, 0.2) is 24.3 Å². The summed E-state index contributed by atoms with van der Waals surface area (Å²) >= 11 is 2.28. The van der Waals surface area contributed by atoms with Gasteiger partial charge in [-0.1, -0.05) is 32.4 Å². The van der Waals surface area contributed by atoms with Gasteiger partial charge >= 0.3 is 5.97 Å². The number of halogens is 1. The quantitative estimate of drug-likeness (QED) is 0.511. The van der Waals surface area contributed by atoms with E-state index in [1.54, 1.807) is 0 Å². The Morgan fingerprint density at radius 3 is 2.27 bits per heavy atom. The molecule has 0 saturated carbocycles. The van der Waals surface area contributed by atoms with E-state index in [0.29, 0.717) is 0 Å². The lowest BCUT2D eigenvalue weighted by Gasteiger charge is -2.30. The third-order valence-corrected chi connectivity index (χ3v) is 5.02. The minimum absolute atomic E-state index is 0.153. The number of carbonyl (C=O) groups is 1. The number of esters is 1. The fourth-order valence-corrected chi connectivity index (χ4v) is 3.25. The highest BCUT2D eigenvalue weighted by atomic mass is 127. The Morgan fingerprint density at radius 1 is 1.18 bits per heavy atom. The molecule has 0 bridgehead atoms. The van der Waals surface area contributed by atoms with E-state index in [-0.39, 0.29) is 11.4 Å². The third-order valence-electron chi connectivity index (χ3n) is 4.30. The van der Waals surface area contributed by atoms with Crippen molar-refractivity contribution in [3.63, 3.8) is 0 Å². The minimum Gasteiger partial charge on any atom is -0.468 e. The van der Waals surface area contributed by atoms with Crippen molar-refractivity contribution in [2.75, 3.05) is 20.7 Å². The molecule has 0 amide bonds. The standard InChI is InChI=1S/C18H28INO2/c1-17(2,13-20-4)11-6-12-18(3,16(21)22-5)14-7-9-15(19)10-8-14/h7-10,20H,6,11-13H2,1-5H3. The lowest BCUT2D eigenvalue weighted by Crippen LogP contribution is -2.34. The molecule has 1 rings (SSSR count). The second kappa shape index (κ2) is 8.29. The van der Waals surface area contributed by atoms with Crippen LogP contribution in [0, 0.1) is 8.99 Å². The molecule has 1 N–H and O–H groups in total. The molecule has 124 valence electrons. The van der Waals surface area contributed by atoms with E-state index in [1.807, 2.05) is 38.2 Å². The zero-order chi connectivity index (χ0) is 16.8. The highest BCUT2D eigenvalue weighted by Gasteiger charge is 2.36. The summed E-state index contributed by atoms with van der Waals surface area (Å²) in [6.07, 6.45) is 2.87. The number of hydrogen-bond acceptors (Lipinski definition) is 3. The largest absolute Gasteiger partial charge is 0.468 e. The van der Waals surface area contributed by atoms with Gasteiger partial charge in [0.15, 0.2) is 0 Å². The van der Waals surface area contributed by atoms with Crippen LogP contribution in [0.1, 0.15) is 45.6 Å². The van der Waals surface area contributed by atoms with Crippen LogP contribution in [0.3, 0.4) is 0 Å². The smallest absolute Gasteiger partial charge is 0.315 e. The van der Waals surface area contributed by atoms with Crippen LogP contribution in [0.5, 0.6) is 0 Å². The van der Waals surface area contributed by atoms with Crippen LogP contribution in [-0.4, -0.2) is 26.7 Å². The number of ether oxygens (including phenoxy) is 1. The fraction of sp³-hybridized carbons (Fsp3) is 0.611. The summed E-state index contributed by atoms with van der Waals surface area (Å²) in [5.74, 6) is -0.153. The average Bonchev–Trinajstić information content (AvgIpc) is 2.46. The average molecular weight is 417 g/mol. The SMILES string of the molecule is CNCC(C)(C)CCCC(C)(C(=O)OC)c1ccc(I)cc1. The molecule has 0 aromatic heterocycles. The Bertz CT molecular complexity index is 484. The number of nitrogens with one attached hydrogen (secondary N) is 1. The molecule has 1 atom stereocenters. The minimum atomic E-state index is -0.575. The number of rotatable bonds is 8. The maximum Gasteiger partial charge on any atom is 0.315 e. The van der Waals surface area contributed by atoms with Gasteiger partial charge in [0.2, 0.25) is 0 Å². The number of hydrogen-bond donors (Lipinski definition) is 1. The van der Waals surface area contributed by atoms with Crippen molar-refractivity contribution in [1.29, 1.82) is 0 Å². The molecule has 1 aromatic rings. The van der Waals surface area contributed by atoms with E-state index in [9.17, 15) is 4.79 Å². The molecule has 0 fully saturated rings. The van der Waals surface area contributed by atoms with Gasteiger partial charge in [-0.15, -0.1) is 0 Å². The maximum atomic E-state index is 12.4. The van der Waals surface area contributed by atoms with Crippen LogP contribution in [0.4, 0.5) is 0 Å². The topological polar surface area (TPSA) is 38.3 Å². The van der Waals surface area contributed by atoms with Crippen molar-refractivity contribution in [2.45, 2.75) is 45.4 Å². The zero-order valence-electron chi connectivity index (χ0n) is 14.3. The third kappa shape index (κ3) is 5.23. The first-order valence-corrected chi connectivity index (χ1v) is 8.82. The fourth-order valence-electron chi connectivity index (χ4n) is 2.89. The number of benzene rings is 1. The van der Waals surface area contributed by atoms with E-state index >= 15 is 0 Å².